The normalized spacial score (nSPS) is 11.0. The van der Waals surface area contributed by atoms with E-state index < -0.39 is 0 Å². The molecule has 0 aliphatic carbocycles. The maximum atomic E-state index is 12.3. The van der Waals surface area contributed by atoms with E-state index in [4.69, 9.17) is 4.74 Å². The lowest BCUT2D eigenvalue weighted by molar-refractivity contribution is -0.121. The predicted octanol–water partition coefficient (Wildman–Crippen LogP) is 3.42. The van der Waals surface area contributed by atoms with Crippen molar-refractivity contribution in [3.05, 3.63) is 71.3 Å². The Bertz CT molecular complexity index is 751. The van der Waals surface area contributed by atoms with Crippen LogP contribution in [0.4, 0.5) is 0 Å². The molecule has 130 valence electrons. The average Bonchev–Trinajstić information content (AvgIpc) is 2.64. The summed E-state index contributed by atoms with van der Waals surface area (Å²) in [6, 6.07) is 17.3. The molecule has 0 spiro atoms. The molecule has 0 radical (unpaired) electrons. The highest BCUT2D eigenvalue weighted by Gasteiger charge is 2.14. The van der Waals surface area contributed by atoms with Gasteiger partial charge >= 0.3 is 0 Å². The molecule has 4 nitrogen and oxygen atoms in total. The standard InChI is InChI=1S/C21H23NO3/c1-16(23)20(15-18-10-6-12-19(14-18)25-2)21(24)22-13-7-11-17-8-4-3-5-9-17/h3-6,8-10,12,14-15H,7,11,13H2,1-2H3,(H,22,24). The van der Waals surface area contributed by atoms with Gasteiger partial charge in [-0.3, -0.25) is 9.59 Å². The van der Waals surface area contributed by atoms with Crippen molar-refractivity contribution in [2.75, 3.05) is 13.7 Å². The van der Waals surface area contributed by atoms with Crippen LogP contribution in [0.1, 0.15) is 24.5 Å². The Morgan fingerprint density at radius 1 is 1.08 bits per heavy atom. The van der Waals surface area contributed by atoms with Gasteiger partial charge in [0.25, 0.3) is 5.91 Å². The molecule has 0 aliphatic rings. The molecule has 0 fully saturated rings. The van der Waals surface area contributed by atoms with Crippen molar-refractivity contribution >= 4 is 17.8 Å². The lowest BCUT2D eigenvalue weighted by Crippen LogP contribution is -2.28. The van der Waals surface area contributed by atoms with E-state index in [2.05, 4.69) is 17.4 Å². The first-order valence-electron chi connectivity index (χ1n) is 8.29. The Balaban J connectivity index is 1.95. The summed E-state index contributed by atoms with van der Waals surface area (Å²) in [5, 5.41) is 2.82. The fraction of sp³-hybridized carbons (Fsp3) is 0.238. The third kappa shape index (κ3) is 5.92. The van der Waals surface area contributed by atoms with Gasteiger partial charge in [-0.1, -0.05) is 42.5 Å². The van der Waals surface area contributed by atoms with Gasteiger partial charge in [0.1, 0.15) is 5.75 Å². The third-order valence-corrected chi connectivity index (χ3v) is 3.80. The number of ketones is 1. The first-order chi connectivity index (χ1) is 12.1. The number of ether oxygens (including phenoxy) is 1. The van der Waals surface area contributed by atoms with E-state index in [9.17, 15) is 9.59 Å². The number of carbonyl (C=O) groups excluding carboxylic acids is 2. The molecule has 0 saturated carbocycles. The number of benzene rings is 2. The molecule has 2 rings (SSSR count). The zero-order valence-electron chi connectivity index (χ0n) is 14.6. The van der Waals surface area contributed by atoms with E-state index >= 15 is 0 Å². The summed E-state index contributed by atoms with van der Waals surface area (Å²) in [6.45, 7) is 1.92. The minimum Gasteiger partial charge on any atom is -0.497 e. The second kappa shape index (κ2) is 9.42. The zero-order valence-corrected chi connectivity index (χ0v) is 14.6. The molecule has 2 aromatic carbocycles. The van der Waals surface area contributed by atoms with Gasteiger partial charge in [0.2, 0.25) is 0 Å². The maximum absolute atomic E-state index is 12.3. The lowest BCUT2D eigenvalue weighted by Gasteiger charge is -2.08. The summed E-state index contributed by atoms with van der Waals surface area (Å²) in [6.07, 6.45) is 3.30. The predicted molar refractivity (Wildman–Crippen MR) is 99.4 cm³/mol. The number of Topliss-reactive ketones (excluding diaryl/α,β-unsaturated/α-hetero) is 1. The van der Waals surface area contributed by atoms with Crippen LogP contribution in [0.25, 0.3) is 6.08 Å². The largest absolute Gasteiger partial charge is 0.497 e. The quantitative estimate of drug-likeness (QED) is 0.347. The highest BCUT2D eigenvalue weighted by Crippen LogP contribution is 2.16. The number of methoxy groups -OCH3 is 1. The van der Waals surface area contributed by atoms with Gasteiger partial charge in [-0.2, -0.15) is 0 Å². The summed E-state index contributed by atoms with van der Waals surface area (Å²) >= 11 is 0. The molecule has 1 amide bonds. The second-order valence-corrected chi connectivity index (χ2v) is 5.74. The molecule has 0 aromatic heterocycles. The minimum absolute atomic E-state index is 0.146. The minimum atomic E-state index is -0.344. The lowest BCUT2D eigenvalue weighted by atomic mass is 10.1. The van der Waals surface area contributed by atoms with Crippen molar-refractivity contribution in [1.82, 2.24) is 5.32 Å². The van der Waals surface area contributed by atoms with Crippen molar-refractivity contribution in [3.8, 4) is 5.75 Å². The number of nitrogens with one attached hydrogen (secondary N) is 1. The number of hydrogen-bond donors (Lipinski definition) is 1. The van der Waals surface area contributed by atoms with Crippen molar-refractivity contribution in [1.29, 1.82) is 0 Å². The maximum Gasteiger partial charge on any atom is 0.254 e. The Morgan fingerprint density at radius 2 is 1.84 bits per heavy atom. The van der Waals surface area contributed by atoms with E-state index in [0.29, 0.717) is 12.3 Å². The van der Waals surface area contributed by atoms with Crippen LogP contribution >= 0.6 is 0 Å². The van der Waals surface area contributed by atoms with Crippen LogP contribution in [0.5, 0.6) is 5.75 Å². The van der Waals surface area contributed by atoms with Crippen LogP contribution in [0.3, 0.4) is 0 Å². The number of amides is 1. The third-order valence-electron chi connectivity index (χ3n) is 3.80. The SMILES string of the molecule is COc1cccc(C=C(C(C)=O)C(=O)NCCCc2ccccc2)c1. The average molecular weight is 337 g/mol. The van der Waals surface area contributed by atoms with Gasteiger partial charge in [-0.25, -0.2) is 0 Å². The Morgan fingerprint density at radius 3 is 2.52 bits per heavy atom. The van der Waals surface area contributed by atoms with Gasteiger partial charge in [0.15, 0.2) is 5.78 Å². The van der Waals surface area contributed by atoms with E-state index in [1.54, 1.807) is 19.3 Å². The van der Waals surface area contributed by atoms with Gasteiger partial charge in [0.05, 0.1) is 12.7 Å². The van der Waals surface area contributed by atoms with E-state index in [0.717, 1.165) is 18.4 Å². The molecule has 4 heteroatoms. The van der Waals surface area contributed by atoms with E-state index in [1.165, 1.54) is 12.5 Å². The monoisotopic (exact) mass is 337 g/mol. The fourth-order valence-electron chi connectivity index (χ4n) is 2.46. The summed E-state index contributed by atoms with van der Waals surface area (Å²) in [4.78, 5) is 24.2. The van der Waals surface area contributed by atoms with E-state index in [1.807, 2.05) is 36.4 Å². The van der Waals surface area contributed by atoms with Crippen molar-refractivity contribution in [2.24, 2.45) is 0 Å². The van der Waals surface area contributed by atoms with Crippen molar-refractivity contribution < 1.29 is 14.3 Å². The van der Waals surface area contributed by atoms with Crippen LogP contribution in [0, 0.1) is 0 Å². The topological polar surface area (TPSA) is 55.4 Å². The Kier molecular flexibility index (Phi) is 6.96. The summed E-state index contributed by atoms with van der Waals surface area (Å²) in [5.41, 5.74) is 2.13. The van der Waals surface area contributed by atoms with Crippen LogP contribution in [0.2, 0.25) is 0 Å². The molecule has 0 unspecified atom stereocenters. The van der Waals surface area contributed by atoms with Crippen molar-refractivity contribution in [3.63, 3.8) is 0 Å². The molecule has 1 N–H and O–H groups in total. The molecule has 0 saturated heterocycles. The van der Waals surface area contributed by atoms with Crippen molar-refractivity contribution in [2.45, 2.75) is 19.8 Å². The number of carbonyl (C=O) groups is 2. The molecular weight excluding hydrogens is 314 g/mol. The summed E-state index contributed by atoms with van der Waals surface area (Å²) in [7, 11) is 1.58. The van der Waals surface area contributed by atoms with Gasteiger partial charge < -0.3 is 10.1 Å². The molecule has 0 aliphatic heterocycles. The number of hydrogen-bond acceptors (Lipinski definition) is 3. The number of aryl methyl sites for hydroxylation is 1. The summed E-state index contributed by atoms with van der Waals surface area (Å²) < 4.78 is 5.16. The van der Waals surface area contributed by atoms with Crippen LogP contribution in [-0.2, 0) is 16.0 Å². The highest BCUT2D eigenvalue weighted by atomic mass is 16.5. The molecular formula is C21H23NO3. The second-order valence-electron chi connectivity index (χ2n) is 5.74. The first kappa shape index (κ1) is 18.5. The van der Waals surface area contributed by atoms with Crippen LogP contribution < -0.4 is 10.1 Å². The Hall–Kier alpha value is -2.88. The first-order valence-corrected chi connectivity index (χ1v) is 8.29. The molecule has 2 aromatic rings. The van der Waals surface area contributed by atoms with Gasteiger partial charge in [-0.15, -0.1) is 0 Å². The highest BCUT2D eigenvalue weighted by molar-refractivity contribution is 6.21. The van der Waals surface area contributed by atoms with Gasteiger partial charge in [-0.05, 0) is 49.1 Å². The molecule has 0 heterocycles. The smallest absolute Gasteiger partial charge is 0.254 e. The van der Waals surface area contributed by atoms with Crippen LogP contribution in [0.15, 0.2) is 60.2 Å². The zero-order chi connectivity index (χ0) is 18.1. The molecule has 0 bridgehead atoms. The fourth-order valence-corrected chi connectivity index (χ4v) is 2.46. The number of rotatable bonds is 8. The molecule has 25 heavy (non-hydrogen) atoms. The molecule has 0 atom stereocenters. The van der Waals surface area contributed by atoms with Gasteiger partial charge in [0, 0.05) is 6.54 Å². The van der Waals surface area contributed by atoms with Crippen LogP contribution in [-0.4, -0.2) is 25.3 Å². The Labute approximate surface area is 148 Å². The van der Waals surface area contributed by atoms with E-state index in [-0.39, 0.29) is 17.3 Å². The summed E-state index contributed by atoms with van der Waals surface area (Å²) in [5.74, 6) is 0.0756.